The number of nitrogens with zero attached hydrogens (tertiary/aromatic N) is 4. The number of ether oxygens (including phenoxy) is 1. The predicted molar refractivity (Wildman–Crippen MR) is 91.2 cm³/mol. The molecule has 0 saturated carbocycles. The Hall–Kier alpha value is -1.98. The predicted octanol–water partition coefficient (Wildman–Crippen LogP) is -1.90. The Labute approximate surface area is 150 Å². The number of rotatable bonds is 3. The molecule has 2 fully saturated rings. The van der Waals surface area contributed by atoms with Crippen molar-refractivity contribution in [2.45, 2.75) is 23.8 Å². The molecule has 0 aliphatic carbocycles. The van der Waals surface area contributed by atoms with Crippen LogP contribution in [0.3, 0.4) is 0 Å². The number of carbonyl (C=O) groups excluding carboxylic acids is 1. The summed E-state index contributed by atoms with van der Waals surface area (Å²) in [6.07, 6.45) is 1.96. The van der Waals surface area contributed by atoms with E-state index in [4.69, 9.17) is 4.74 Å². The summed E-state index contributed by atoms with van der Waals surface area (Å²) in [4.78, 5) is 38.1. The Balaban J connectivity index is 1.97. The van der Waals surface area contributed by atoms with Crippen molar-refractivity contribution in [1.29, 1.82) is 0 Å². The van der Waals surface area contributed by atoms with E-state index in [9.17, 15) is 22.8 Å². The van der Waals surface area contributed by atoms with E-state index in [1.807, 2.05) is 0 Å². The first-order chi connectivity index (χ1) is 12.2. The van der Waals surface area contributed by atoms with Gasteiger partial charge >= 0.3 is 5.69 Å². The van der Waals surface area contributed by atoms with Crippen LogP contribution in [0.5, 0.6) is 0 Å². The first-order valence-corrected chi connectivity index (χ1v) is 9.84. The van der Waals surface area contributed by atoms with E-state index in [1.165, 1.54) is 14.1 Å². The van der Waals surface area contributed by atoms with Crippen LogP contribution in [0.25, 0.3) is 0 Å². The fourth-order valence-electron chi connectivity index (χ4n) is 3.35. The van der Waals surface area contributed by atoms with Crippen molar-refractivity contribution in [2.24, 2.45) is 14.1 Å². The van der Waals surface area contributed by atoms with Gasteiger partial charge in [-0.25, -0.2) is 13.2 Å². The molecule has 1 amide bonds. The zero-order valence-electron chi connectivity index (χ0n) is 14.8. The van der Waals surface area contributed by atoms with Gasteiger partial charge < -0.3 is 14.2 Å². The van der Waals surface area contributed by atoms with Crippen molar-refractivity contribution in [1.82, 2.24) is 18.3 Å². The Morgan fingerprint density at radius 1 is 1.15 bits per heavy atom. The minimum absolute atomic E-state index is 0.162. The van der Waals surface area contributed by atoms with Crippen LogP contribution in [-0.2, 0) is 33.7 Å². The van der Waals surface area contributed by atoms with Crippen molar-refractivity contribution in [2.75, 3.05) is 32.8 Å². The highest BCUT2D eigenvalue weighted by Gasteiger charge is 2.42. The molecule has 10 nitrogen and oxygen atoms in total. The summed E-state index contributed by atoms with van der Waals surface area (Å²) in [5.41, 5.74) is -1.51. The molecule has 1 aromatic heterocycles. The topological polar surface area (TPSA) is 111 Å². The van der Waals surface area contributed by atoms with E-state index in [-0.39, 0.29) is 12.5 Å². The second kappa shape index (κ2) is 6.97. The van der Waals surface area contributed by atoms with Crippen LogP contribution < -0.4 is 11.2 Å². The summed E-state index contributed by atoms with van der Waals surface area (Å²) in [6.45, 7) is 1.85. The average molecular weight is 386 g/mol. The van der Waals surface area contributed by atoms with E-state index in [1.54, 1.807) is 4.90 Å². The lowest BCUT2D eigenvalue weighted by molar-refractivity contribution is -0.138. The van der Waals surface area contributed by atoms with Gasteiger partial charge in [-0.2, -0.15) is 4.31 Å². The number of sulfonamides is 1. The lowest BCUT2D eigenvalue weighted by Gasteiger charge is -2.32. The first kappa shape index (κ1) is 18.8. The van der Waals surface area contributed by atoms with Crippen LogP contribution in [0.2, 0.25) is 0 Å². The maximum absolute atomic E-state index is 13.1. The Kier molecular flexibility index (Phi) is 5.04. The Morgan fingerprint density at radius 3 is 2.46 bits per heavy atom. The van der Waals surface area contributed by atoms with Crippen molar-refractivity contribution in [3.63, 3.8) is 0 Å². The lowest BCUT2D eigenvalue weighted by Crippen LogP contribution is -2.52. The van der Waals surface area contributed by atoms with Gasteiger partial charge in [0.25, 0.3) is 15.6 Å². The monoisotopic (exact) mass is 386 g/mol. The van der Waals surface area contributed by atoms with Gasteiger partial charge in [0.05, 0.1) is 13.2 Å². The average Bonchev–Trinajstić information content (AvgIpc) is 3.13. The van der Waals surface area contributed by atoms with Gasteiger partial charge in [0.2, 0.25) is 5.91 Å². The third kappa shape index (κ3) is 3.10. The fourth-order valence-corrected chi connectivity index (χ4v) is 5.15. The number of aryl methyl sites for hydroxylation is 1. The Bertz CT molecular complexity index is 928. The summed E-state index contributed by atoms with van der Waals surface area (Å²) in [5.74, 6) is -0.268. The molecule has 144 valence electrons. The molecule has 0 N–H and O–H groups in total. The molecule has 1 aromatic rings. The standard InChI is InChI=1S/C15H22N4O6S/c1-16-10-12(14(21)17(2)15(16)22)26(23,24)19-5-3-4-11(19)13(20)18-6-8-25-9-7-18/h10-11H,3-9H2,1-2H3. The van der Waals surface area contributed by atoms with Gasteiger partial charge in [-0.1, -0.05) is 0 Å². The first-order valence-electron chi connectivity index (χ1n) is 8.40. The third-order valence-corrected chi connectivity index (χ3v) is 6.70. The fraction of sp³-hybridized carbons (Fsp3) is 0.667. The van der Waals surface area contributed by atoms with Gasteiger partial charge in [0.15, 0.2) is 4.90 Å². The number of carbonyl (C=O) groups is 1. The van der Waals surface area contributed by atoms with E-state index in [0.29, 0.717) is 39.1 Å². The van der Waals surface area contributed by atoms with Crippen molar-refractivity contribution < 1.29 is 17.9 Å². The van der Waals surface area contributed by atoms with E-state index >= 15 is 0 Å². The number of morpholine rings is 1. The molecule has 3 rings (SSSR count). The molecule has 0 spiro atoms. The van der Waals surface area contributed by atoms with Crippen LogP contribution in [0.15, 0.2) is 20.7 Å². The minimum atomic E-state index is -4.20. The second-order valence-corrected chi connectivity index (χ2v) is 8.32. The molecule has 2 saturated heterocycles. The summed E-state index contributed by atoms with van der Waals surface area (Å²) >= 11 is 0. The third-order valence-electron chi connectivity index (χ3n) is 4.81. The quantitative estimate of drug-likeness (QED) is 0.600. The van der Waals surface area contributed by atoms with Gasteiger partial charge in [0.1, 0.15) is 6.04 Å². The van der Waals surface area contributed by atoms with Crippen molar-refractivity contribution >= 4 is 15.9 Å². The highest BCUT2D eigenvalue weighted by molar-refractivity contribution is 7.89. The van der Waals surface area contributed by atoms with E-state index in [2.05, 4.69) is 0 Å². The molecule has 11 heteroatoms. The van der Waals surface area contributed by atoms with Gasteiger partial charge in [-0.15, -0.1) is 0 Å². The van der Waals surface area contributed by atoms with Gasteiger partial charge in [-0.05, 0) is 12.8 Å². The van der Waals surface area contributed by atoms with Crippen molar-refractivity contribution in [3.8, 4) is 0 Å². The lowest BCUT2D eigenvalue weighted by atomic mass is 10.2. The zero-order valence-corrected chi connectivity index (χ0v) is 15.6. The molecule has 0 bridgehead atoms. The van der Waals surface area contributed by atoms with Gasteiger partial charge in [-0.3, -0.25) is 14.2 Å². The summed E-state index contributed by atoms with van der Waals surface area (Å²) < 4.78 is 34.3. The Morgan fingerprint density at radius 2 is 1.81 bits per heavy atom. The molecule has 1 unspecified atom stereocenters. The zero-order chi connectivity index (χ0) is 19.1. The van der Waals surface area contributed by atoms with Gasteiger partial charge in [0, 0.05) is 39.9 Å². The van der Waals surface area contributed by atoms with Crippen LogP contribution >= 0.6 is 0 Å². The van der Waals surface area contributed by atoms with Crippen molar-refractivity contribution in [3.05, 3.63) is 27.0 Å². The molecule has 26 heavy (non-hydrogen) atoms. The summed E-state index contributed by atoms with van der Waals surface area (Å²) in [7, 11) is -1.60. The number of amides is 1. The van der Waals surface area contributed by atoms with E-state index in [0.717, 1.165) is 19.6 Å². The maximum Gasteiger partial charge on any atom is 0.330 e. The number of hydrogen-bond donors (Lipinski definition) is 0. The second-order valence-electron chi connectivity index (χ2n) is 6.46. The molecule has 0 radical (unpaired) electrons. The van der Waals surface area contributed by atoms with Crippen LogP contribution in [0.4, 0.5) is 0 Å². The molecule has 3 heterocycles. The number of hydrogen-bond acceptors (Lipinski definition) is 6. The SMILES string of the molecule is Cn1cc(S(=O)(=O)N2CCCC2C(=O)N2CCOCC2)c(=O)n(C)c1=O. The van der Waals surface area contributed by atoms with Crippen LogP contribution in [0, 0.1) is 0 Å². The minimum Gasteiger partial charge on any atom is -0.378 e. The molecular formula is C15H22N4O6S. The highest BCUT2D eigenvalue weighted by Crippen LogP contribution is 2.26. The smallest absolute Gasteiger partial charge is 0.330 e. The molecule has 2 aliphatic rings. The van der Waals surface area contributed by atoms with Crippen LogP contribution in [-0.4, -0.2) is 71.6 Å². The highest BCUT2D eigenvalue weighted by atomic mass is 32.2. The van der Waals surface area contributed by atoms with Crippen LogP contribution in [0.1, 0.15) is 12.8 Å². The summed E-state index contributed by atoms with van der Waals surface area (Å²) in [6, 6.07) is -0.833. The summed E-state index contributed by atoms with van der Waals surface area (Å²) in [5, 5.41) is 0. The molecular weight excluding hydrogens is 364 g/mol. The normalized spacial score (nSPS) is 21.9. The maximum atomic E-state index is 13.1. The number of aromatic nitrogens is 2. The molecule has 2 aliphatic heterocycles. The van der Waals surface area contributed by atoms with E-state index < -0.39 is 32.2 Å². The largest absolute Gasteiger partial charge is 0.378 e. The molecule has 1 atom stereocenters. The molecule has 0 aromatic carbocycles.